The molecule has 0 radical (unpaired) electrons. The maximum atomic E-state index is 4.23. The SMILES string of the molecule is Cn1nccc1Cn1cncc1C1CC1. The van der Waals surface area contributed by atoms with E-state index in [2.05, 4.69) is 20.7 Å². The molecule has 1 aliphatic carbocycles. The Hall–Kier alpha value is -1.58. The molecule has 0 aliphatic heterocycles. The molecule has 1 fully saturated rings. The quantitative estimate of drug-likeness (QED) is 0.757. The third-order valence-electron chi connectivity index (χ3n) is 2.99. The fraction of sp³-hybridized carbons (Fsp3) is 0.455. The van der Waals surface area contributed by atoms with Gasteiger partial charge < -0.3 is 4.57 Å². The summed E-state index contributed by atoms with van der Waals surface area (Å²) in [4.78, 5) is 4.23. The summed E-state index contributed by atoms with van der Waals surface area (Å²) < 4.78 is 4.14. The van der Waals surface area contributed by atoms with Crippen LogP contribution < -0.4 is 0 Å². The second-order valence-electron chi connectivity index (χ2n) is 4.17. The van der Waals surface area contributed by atoms with Gasteiger partial charge in [-0.1, -0.05) is 0 Å². The molecule has 78 valence electrons. The van der Waals surface area contributed by atoms with Crippen molar-refractivity contribution in [2.45, 2.75) is 25.3 Å². The average Bonchev–Trinajstić information content (AvgIpc) is 2.85. The zero-order chi connectivity index (χ0) is 10.3. The highest BCUT2D eigenvalue weighted by Crippen LogP contribution is 2.39. The van der Waals surface area contributed by atoms with Crippen molar-refractivity contribution in [3.63, 3.8) is 0 Å². The summed E-state index contributed by atoms with van der Waals surface area (Å²) in [7, 11) is 1.98. The van der Waals surface area contributed by atoms with Crippen LogP contribution in [0.15, 0.2) is 24.8 Å². The fourth-order valence-electron chi connectivity index (χ4n) is 1.91. The second kappa shape index (κ2) is 3.22. The van der Waals surface area contributed by atoms with Gasteiger partial charge in [0.15, 0.2) is 0 Å². The molecule has 2 heterocycles. The van der Waals surface area contributed by atoms with Gasteiger partial charge in [-0.2, -0.15) is 5.10 Å². The van der Waals surface area contributed by atoms with Gasteiger partial charge in [-0.05, 0) is 18.9 Å². The molecular formula is C11H14N4. The molecule has 15 heavy (non-hydrogen) atoms. The Morgan fingerprint density at radius 1 is 1.47 bits per heavy atom. The molecule has 0 N–H and O–H groups in total. The van der Waals surface area contributed by atoms with Crippen molar-refractivity contribution in [3.8, 4) is 0 Å². The Labute approximate surface area is 88.6 Å². The predicted octanol–water partition coefficient (Wildman–Crippen LogP) is 1.54. The van der Waals surface area contributed by atoms with E-state index in [0.717, 1.165) is 12.5 Å². The van der Waals surface area contributed by atoms with Gasteiger partial charge in [0.05, 0.1) is 18.6 Å². The number of aromatic nitrogens is 4. The molecule has 1 saturated carbocycles. The number of rotatable bonds is 3. The lowest BCUT2D eigenvalue weighted by molar-refractivity contribution is 0.650. The first-order valence-electron chi connectivity index (χ1n) is 5.31. The van der Waals surface area contributed by atoms with Crippen LogP contribution in [0.1, 0.15) is 30.1 Å². The van der Waals surface area contributed by atoms with Crippen LogP contribution in [-0.4, -0.2) is 19.3 Å². The Balaban J connectivity index is 1.87. The van der Waals surface area contributed by atoms with E-state index in [4.69, 9.17) is 0 Å². The van der Waals surface area contributed by atoms with E-state index in [1.165, 1.54) is 24.2 Å². The third kappa shape index (κ3) is 1.56. The molecular weight excluding hydrogens is 188 g/mol. The van der Waals surface area contributed by atoms with E-state index in [-0.39, 0.29) is 0 Å². The van der Waals surface area contributed by atoms with Crippen LogP contribution in [0.2, 0.25) is 0 Å². The summed E-state index contributed by atoms with van der Waals surface area (Å²) in [5.41, 5.74) is 2.59. The van der Waals surface area contributed by atoms with Crippen LogP contribution in [0.25, 0.3) is 0 Å². The minimum Gasteiger partial charge on any atom is -0.328 e. The Bertz CT molecular complexity index is 464. The van der Waals surface area contributed by atoms with Gasteiger partial charge in [-0.15, -0.1) is 0 Å². The molecule has 1 aliphatic rings. The lowest BCUT2D eigenvalue weighted by atomic mass is 10.3. The molecule has 2 aromatic rings. The number of hydrogen-bond donors (Lipinski definition) is 0. The van der Waals surface area contributed by atoms with Crippen molar-refractivity contribution in [2.24, 2.45) is 7.05 Å². The Morgan fingerprint density at radius 3 is 3.00 bits per heavy atom. The largest absolute Gasteiger partial charge is 0.328 e. The lowest BCUT2D eigenvalue weighted by Crippen LogP contribution is -2.06. The monoisotopic (exact) mass is 202 g/mol. The highest BCUT2D eigenvalue weighted by molar-refractivity contribution is 5.14. The standard InChI is InChI=1S/C11H14N4/c1-14-10(4-5-13-14)7-15-8-12-6-11(15)9-2-3-9/h4-6,8-9H,2-3,7H2,1H3. The third-order valence-corrected chi connectivity index (χ3v) is 2.99. The first-order valence-corrected chi connectivity index (χ1v) is 5.31. The minimum atomic E-state index is 0.751. The molecule has 0 bridgehead atoms. The van der Waals surface area contributed by atoms with Crippen LogP contribution in [0, 0.1) is 0 Å². The molecule has 2 aromatic heterocycles. The summed E-state index contributed by atoms with van der Waals surface area (Å²) in [6, 6.07) is 2.05. The maximum Gasteiger partial charge on any atom is 0.0951 e. The Kier molecular flexibility index (Phi) is 1.87. The van der Waals surface area contributed by atoms with E-state index in [1.807, 2.05) is 30.5 Å². The second-order valence-corrected chi connectivity index (χ2v) is 4.17. The predicted molar refractivity (Wildman–Crippen MR) is 56.5 cm³/mol. The topological polar surface area (TPSA) is 35.6 Å². The number of nitrogens with zero attached hydrogens (tertiary/aromatic N) is 4. The van der Waals surface area contributed by atoms with Gasteiger partial charge in [0.25, 0.3) is 0 Å². The average molecular weight is 202 g/mol. The van der Waals surface area contributed by atoms with Gasteiger partial charge in [0.1, 0.15) is 0 Å². The van der Waals surface area contributed by atoms with Crippen molar-refractivity contribution in [3.05, 3.63) is 36.2 Å². The van der Waals surface area contributed by atoms with E-state index in [9.17, 15) is 0 Å². The van der Waals surface area contributed by atoms with Crippen molar-refractivity contribution in [2.75, 3.05) is 0 Å². The van der Waals surface area contributed by atoms with Gasteiger partial charge in [-0.3, -0.25) is 4.68 Å². The normalized spacial score (nSPS) is 15.8. The van der Waals surface area contributed by atoms with Crippen molar-refractivity contribution >= 4 is 0 Å². The van der Waals surface area contributed by atoms with E-state index < -0.39 is 0 Å². The van der Waals surface area contributed by atoms with Gasteiger partial charge >= 0.3 is 0 Å². The molecule has 0 unspecified atom stereocenters. The van der Waals surface area contributed by atoms with Gasteiger partial charge in [0.2, 0.25) is 0 Å². The summed E-state index contributed by atoms with van der Waals surface area (Å²) in [6.07, 6.45) is 8.38. The summed E-state index contributed by atoms with van der Waals surface area (Å²) >= 11 is 0. The fourth-order valence-corrected chi connectivity index (χ4v) is 1.91. The number of aryl methyl sites for hydroxylation is 1. The first-order chi connectivity index (χ1) is 7.34. The zero-order valence-electron chi connectivity index (χ0n) is 8.80. The van der Waals surface area contributed by atoms with Crippen molar-refractivity contribution < 1.29 is 0 Å². The zero-order valence-corrected chi connectivity index (χ0v) is 8.80. The molecule has 4 nitrogen and oxygen atoms in total. The number of imidazole rings is 1. The van der Waals surface area contributed by atoms with Crippen LogP contribution in [-0.2, 0) is 13.6 Å². The van der Waals surface area contributed by atoms with Crippen LogP contribution in [0.4, 0.5) is 0 Å². The van der Waals surface area contributed by atoms with Crippen LogP contribution in [0.5, 0.6) is 0 Å². The van der Waals surface area contributed by atoms with Crippen molar-refractivity contribution in [1.82, 2.24) is 19.3 Å². The first kappa shape index (κ1) is 8.71. The van der Waals surface area contributed by atoms with Crippen molar-refractivity contribution in [1.29, 1.82) is 0 Å². The highest BCUT2D eigenvalue weighted by atomic mass is 15.3. The Morgan fingerprint density at radius 2 is 2.33 bits per heavy atom. The smallest absolute Gasteiger partial charge is 0.0951 e. The van der Waals surface area contributed by atoms with Gasteiger partial charge in [0, 0.05) is 31.1 Å². The summed E-state index contributed by atoms with van der Waals surface area (Å²) in [5, 5.41) is 4.17. The molecule has 3 rings (SSSR count). The molecule has 0 aromatic carbocycles. The lowest BCUT2D eigenvalue weighted by Gasteiger charge is -2.07. The van der Waals surface area contributed by atoms with E-state index in [0.29, 0.717) is 0 Å². The molecule has 0 amide bonds. The van der Waals surface area contributed by atoms with E-state index in [1.54, 1.807) is 0 Å². The van der Waals surface area contributed by atoms with Crippen LogP contribution >= 0.6 is 0 Å². The molecule has 0 spiro atoms. The summed E-state index contributed by atoms with van der Waals surface area (Å²) in [6.45, 7) is 0.877. The minimum absolute atomic E-state index is 0.751. The van der Waals surface area contributed by atoms with Crippen LogP contribution in [0.3, 0.4) is 0 Å². The molecule has 0 atom stereocenters. The maximum absolute atomic E-state index is 4.23. The van der Waals surface area contributed by atoms with Gasteiger partial charge in [-0.25, -0.2) is 4.98 Å². The highest BCUT2D eigenvalue weighted by Gasteiger charge is 2.26. The van der Waals surface area contributed by atoms with E-state index >= 15 is 0 Å². The summed E-state index contributed by atoms with van der Waals surface area (Å²) in [5.74, 6) is 0.751. The molecule has 0 saturated heterocycles. The number of hydrogen-bond acceptors (Lipinski definition) is 2. The molecule has 4 heteroatoms.